The zero-order valence-electron chi connectivity index (χ0n) is 11.5. The molecule has 0 radical (unpaired) electrons. The Morgan fingerprint density at radius 3 is 2.74 bits per heavy atom. The van der Waals surface area contributed by atoms with Gasteiger partial charge in [0.1, 0.15) is 13.2 Å². The average Bonchev–Trinajstić information content (AvgIpc) is 2.47. The molecule has 106 valence electrons. The number of benzene rings is 1. The summed E-state index contributed by atoms with van der Waals surface area (Å²) in [5, 5.41) is 0.646. The fourth-order valence-corrected chi connectivity index (χ4v) is 2.94. The number of nitrogens with two attached hydrogens (primary N) is 1. The Hall–Kier alpha value is -0.910. The summed E-state index contributed by atoms with van der Waals surface area (Å²) in [6.07, 6.45) is 1.17. The van der Waals surface area contributed by atoms with Crippen LogP contribution in [0, 0.1) is 0 Å². The summed E-state index contributed by atoms with van der Waals surface area (Å²) in [7, 11) is 0. The highest BCUT2D eigenvalue weighted by Crippen LogP contribution is 2.33. The number of hydrazine groups is 1. The van der Waals surface area contributed by atoms with E-state index in [0.717, 1.165) is 22.8 Å². The van der Waals surface area contributed by atoms with E-state index in [1.807, 2.05) is 23.9 Å². The molecule has 2 rings (SSSR count). The Kier molecular flexibility index (Phi) is 5.36. The van der Waals surface area contributed by atoms with Crippen molar-refractivity contribution in [2.24, 2.45) is 5.84 Å². The standard InChI is InChI=1S/C14H22N2O2S/c1-3-10(2)19-9-12(16-15)11-4-5-13-14(8-11)18-7-6-17-13/h4-5,8,10,12,16H,3,6-7,9,15H2,1-2H3. The van der Waals surface area contributed by atoms with Crippen molar-refractivity contribution in [3.8, 4) is 11.5 Å². The minimum absolute atomic E-state index is 0.134. The van der Waals surface area contributed by atoms with Crippen molar-refractivity contribution >= 4 is 11.8 Å². The lowest BCUT2D eigenvalue weighted by atomic mass is 10.1. The van der Waals surface area contributed by atoms with Gasteiger partial charge < -0.3 is 9.47 Å². The molecule has 0 spiro atoms. The third-order valence-electron chi connectivity index (χ3n) is 3.29. The molecule has 1 heterocycles. The Morgan fingerprint density at radius 2 is 2.05 bits per heavy atom. The lowest BCUT2D eigenvalue weighted by molar-refractivity contribution is 0.171. The van der Waals surface area contributed by atoms with Gasteiger partial charge >= 0.3 is 0 Å². The normalized spacial score (nSPS) is 17.0. The van der Waals surface area contributed by atoms with E-state index in [-0.39, 0.29) is 6.04 Å². The molecule has 0 amide bonds. The number of fused-ring (bicyclic) bond motifs is 1. The van der Waals surface area contributed by atoms with Crippen LogP contribution in [-0.4, -0.2) is 24.2 Å². The third-order valence-corrected chi connectivity index (χ3v) is 4.72. The van der Waals surface area contributed by atoms with Gasteiger partial charge in [0.15, 0.2) is 11.5 Å². The molecule has 1 aliphatic rings. The summed E-state index contributed by atoms with van der Waals surface area (Å²) in [5.74, 6) is 8.26. The van der Waals surface area contributed by atoms with Crippen LogP contribution in [0.15, 0.2) is 18.2 Å². The van der Waals surface area contributed by atoms with E-state index in [1.54, 1.807) is 0 Å². The fraction of sp³-hybridized carbons (Fsp3) is 0.571. The van der Waals surface area contributed by atoms with Crippen LogP contribution in [0.3, 0.4) is 0 Å². The summed E-state index contributed by atoms with van der Waals surface area (Å²) in [4.78, 5) is 0. The predicted molar refractivity (Wildman–Crippen MR) is 79.7 cm³/mol. The molecule has 1 aromatic carbocycles. The first-order chi connectivity index (χ1) is 9.24. The molecule has 4 nitrogen and oxygen atoms in total. The molecule has 1 aliphatic heterocycles. The Morgan fingerprint density at radius 1 is 1.32 bits per heavy atom. The van der Waals surface area contributed by atoms with Gasteiger partial charge in [-0.05, 0) is 24.1 Å². The quantitative estimate of drug-likeness (QED) is 0.620. The molecule has 5 heteroatoms. The summed E-state index contributed by atoms with van der Waals surface area (Å²) in [5.41, 5.74) is 4.03. The molecule has 0 aromatic heterocycles. The van der Waals surface area contributed by atoms with Crippen LogP contribution in [0.2, 0.25) is 0 Å². The van der Waals surface area contributed by atoms with Gasteiger partial charge in [-0.25, -0.2) is 0 Å². The number of nitrogens with one attached hydrogen (secondary N) is 1. The van der Waals surface area contributed by atoms with Crippen molar-refractivity contribution in [3.05, 3.63) is 23.8 Å². The minimum Gasteiger partial charge on any atom is -0.486 e. The fourth-order valence-electron chi connectivity index (χ4n) is 1.90. The lowest BCUT2D eigenvalue weighted by Gasteiger charge is -2.22. The van der Waals surface area contributed by atoms with E-state index in [9.17, 15) is 0 Å². The van der Waals surface area contributed by atoms with Gasteiger partial charge in [-0.2, -0.15) is 11.8 Å². The van der Waals surface area contributed by atoms with Gasteiger partial charge in [0.2, 0.25) is 0 Å². The van der Waals surface area contributed by atoms with E-state index in [4.69, 9.17) is 15.3 Å². The zero-order chi connectivity index (χ0) is 13.7. The maximum absolute atomic E-state index is 5.67. The number of rotatable bonds is 6. The van der Waals surface area contributed by atoms with Crippen LogP contribution in [0.25, 0.3) is 0 Å². The Labute approximate surface area is 119 Å². The second kappa shape index (κ2) is 7.03. The molecule has 0 bridgehead atoms. The molecule has 2 atom stereocenters. The minimum atomic E-state index is 0.134. The summed E-state index contributed by atoms with van der Waals surface area (Å²) >= 11 is 1.93. The number of hydrogen-bond donors (Lipinski definition) is 2. The van der Waals surface area contributed by atoms with Crippen LogP contribution in [0.1, 0.15) is 31.9 Å². The van der Waals surface area contributed by atoms with Crippen LogP contribution in [0.4, 0.5) is 0 Å². The van der Waals surface area contributed by atoms with Crippen molar-refractivity contribution < 1.29 is 9.47 Å². The van der Waals surface area contributed by atoms with Crippen molar-refractivity contribution in [3.63, 3.8) is 0 Å². The van der Waals surface area contributed by atoms with E-state index >= 15 is 0 Å². The van der Waals surface area contributed by atoms with Crippen molar-refractivity contribution in [1.29, 1.82) is 0 Å². The van der Waals surface area contributed by atoms with Crippen LogP contribution in [-0.2, 0) is 0 Å². The SMILES string of the molecule is CCC(C)SCC(NN)c1ccc2c(c1)OCCO2. The Balaban J connectivity index is 2.05. The highest BCUT2D eigenvalue weighted by molar-refractivity contribution is 7.99. The van der Waals surface area contributed by atoms with Gasteiger partial charge in [-0.15, -0.1) is 0 Å². The lowest BCUT2D eigenvalue weighted by Crippen LogP contribution is -2.30. The number of ether oxygens (including phenoxy) is 2. The Bertz CT molecular complexity index is 414. The zero-order valence-corrected chi connectivity index (χ0v) is 12.3. The second-order valence-corrected chi connectivity index (χ2v) is 6.15. The largest absolute Gasteiger partial charge is 0.486 e. The monoisotopic (exact) mass is 282 g/mol. The van der Waals surface area contributed by atoms with Crippen LogP contribution < -0.4 is 20.7 Å². The molecule has 0 saturated carbocycles. The smallest absolute Gasteiger partial charge is 0.161 e. The van der Waals surface area contributed by atoms with Gasteiger partial charge in [-0.1, -0.05) is 19.9 Å². The summed E-state index contributed by atoms with van der Waals surface area (Å²) < 4.78 is 11.1. The van der Waals surface area contributed by atoms with Gasteiger partial charge in [-0.3, -0.25) is 11.3 Å². The van der Waals surface area contributed by atoms with Crippen LogP contribution in [0.5, 0.6) is 11.5 Å². The second-order valence-electron chi connectivity index (χ2n) is 4.67. The number of thioether (sulfide) groups is 1. The van der Waals surface area contributed by atoms with Gasteiger partial charge in [0.25, 0.3) is 0 Å². The van der Waals surface area contributed by atoms with E-state index in [1.165, 1.54) is 6.42 Å². The topological polar surface area (TPSA) is 56.5 Å². The van der Waals surface area contributed by atoms with E-state index < -0.39 is 0 Å². The predicted octanol–water partition coefficient (Wildman–Crippen LogP) is 2.49. The van der Waals surface area contributed by atoms with E-state index in [2.05, 4.69) is 25.3 Å². The first-order valence-electron chi connectivity index (χ1n) is 6.71. The summed E-state index contributed by atoms with van der Waals surface area (Å²) in [6, 6.07) is 6.17. The number of hydrogen-bond acceptors (Lipinski definition) is 5. The molecule has 0 fully saturated rings. The molecule has 2 unspecified atom stereocenters. The molecule has 19 heavy (non-hydrogen) atoms. The van der Waals surface area contributed by atoms with Crippen molar-refractivity contribution in [2.45, 2.75) is 31.6 Å². The molecule has 1 aromatic rings. The van der Waals surface area contributed by atoms with E-state index in [0.29, 0.717) is 18.5 Å². The van der Waals surface area contributed by atoms with Crippen LogP contribution >= 0.6 is 11.8 Å². The first-order valence-corrected chi connectivity index (χ1v) is 7.76. The highest BCUT2D eigenvalue weighted by atomic mass is 32.2. The van der Waals surface area contributed by atoms with Gasteiger partial charge in [0.05, 0.1) is 6.04 Å². The third kappa shape index (κ3) is 3.78. The molecular formula is C14H22N2O2S. The summed E-state index contributed by atoms with van der Waals surface area (Å²) in [6.45, 7) is 5.67. The maximum Gasteiger partial charge on any atom is 0.161 e. The first kappa shape index (κ1) is 14.5. The van der Waals surface area contributed by atoms with Gasteiger partial charge in [0, 0.05) is 11.0 Å². The molecular weight excluding hydrogens is 260 g/mol. The maximum atomic E-state index is 5.67. The molecule has 3 N–H and O–H groups in total. The molecule has 0 saturated heterocycles. The molecule has 0 aliphatic carbocycles. The van der Waals surface area contributed by atoms with Crippen molar-refractivity contribution in [2.75, 3.05) is 19.0 Å². The average molecular weight is 282 g/mol. The van der Waals surface area contributed by atoms with Crippen molar-refractivity contribution in [1.82, 2.24) is 5.43 Å². The highest BCUT2D eigenvalue weighted by Gasteiger charge is 2.16.